The summed E-state index contributed by atoms with van der Waals surface area (Å²) in [5.41, 5.74) is 1.99. The van der Waals surface area contributed by atoms with Gasteiger partial charge in [-0.15, -0.1) is 0 Å². The first-order chi connectivity index (χ1) is 6.79. The highest BCUT2D eigenvalue weighted by atomic mass is 127. The van der Waals surface area contributed by atoms with Crippen molar-refractivity contribution >= 4 is 34.1 Å². The molecule has 0 aliphatic carbocycles. The van der Waals surface area contributed by atoms with Crippen molar-refractivity contribution in [2.45, 2.75) is 0 Å². The summed E-state index contributed by atoms with van der Waals surface area (Å²) in [5.74, 6) is 0.689. The van der Waals surface area contributed by atoms with Crippen molar-refractivity contribution in [1.82, 2.24) is 0 Å². The second-order valence-electron chi connectivity index (χ2n) is 2.99. The number of rotatable bonds is 2. The van der Waals surface area contributed by atoms with Gasteiger partial charge in [0.1, 0.15) is 6.61 Å². The molecule has 1 heterocycles. The Morgan fingerprint density at radius 3 is 2.86 bits per heavy atom. The molecule has 0 radical (unpaired) electrons. The van der Waals surface area contributed by atoms with E-state index in [9.17, 15) is 0 Å². The molecule has 3 heteroatoms. The van der Waals surface area contributed by atoms with Crippen molar-refractivity contribution in [3.63, 3.8) is 0 Å². The maximum absolute atomic E-state index is 5.37. The molecule has 1 aliphatic heterocycles. The van der Waals surface area contributed by atoms with E-state index in [0.29, 0.717) is 12.5 Å². The second kappa shape index (κ2) is 4.13. The van der Waals surface area contributed by atoms with Gasteiger partial charge in [0.05, 0.1) is 6.54 Å². The topological polar surface area (TPSA) is 21.6 Å². The Balaban J connectivity index is 2.31. The average molecular weight is 299 g/mol. The van der Waals surface area contributed by atoms with Crippen molar-refractivity contribution in [1.29, 1.82) is 0 Å². The molecule has 2 nitrogen and oxygen atoms in total. The van der Waals surface area contributed by atoms with Crippen LogP contribution in [0.1, 0.15) is 5.56 Å². The van der Waals surface area contributed by atoms with Crippen molar-refractivity contribution in [2.75, 3.05) is 13.2 Å². The smallest absolute Gasteiger partial charge is 0.216 e. The van der Waals surface area contributed by atoms with Gasteiger partial charge in [0, 0.05) is 9.14 Å². The number of halogens is 1. The molecular formula is C11H10INO. The fraction of sp³-hybridized carbons (Fsp3) is 0.182. The van der Waals surface area contributed by atoms with Crippen LogP contribution in [0, 0.1) is 3.57 Å². The Labute approximate surface area is 96.8 Å². The molecule has 0 saturated heterocycles. The summed E-state index contributed by atoms with van der Waals surface area (Å²) >= 11 is 2.29. The van der Waals surface area contributed by atoms with Crippen LogP contribution in [0.4, 0.5) is 0 Å². The van der Waals surface area contributed by atoms with E-state index in [2.05, 4.69) is 40.2 Å². The third-order valence-electron chi connectivity index (χ3n) is 2.04. The van der Waals surface area contributed by atoms with Gasteiger partial charge in [-0.3, -0.25) is 0 Å². The Morgan fingerprint density at radius 1 is 1.43 bits per heavy atom. The number of ether oxygens (including phenoxy) is 1. The third-order valence-corrected chi connectivity index (χ3v) is 2.98. The molecule has 0 aromatic heterocycles. The number of benzene rings is 1. The van der Waals surface area contributed by atoms with Crippen LogP contribution in [0.3, 0.4) is 0 Å². The molecular weight excluding hydrogens is 289 g/mol. The van der Waals surface area contributed by atoms with Gasteiger partial charge >= 0.3 is 0 Å². The Morgan fingerprint density at radius 2 is 2.21 bits per heavy atom. The van der Waals surface area contributed by atoms with Gasteiger partial charge in [0.15, 0.2) is 0 Å². The zero-order valence-electron chi connectivity index (χ0n) is 7.66. The Kier molecular flexibility index (Phi) is 2.86. The molecule has 1 aromatic rings. The summed E-state index contributed by atoms with van der Waals surface area (Å²) in [6.45, 7) is 5.43. The highest BCUT2D eigenvalue weighted by molar-refractivity contribution is 14.1. The van der Waals surface area contributed by atoms with E-state index < -0.39 is 0 Å². The van der Waals surface area contributed by atoms with E-state index in [0.717, 1.165) is 17.7 Å². The van der Waals surface area contributed by atoms with Crippen LogP contribution in [0.5, 0.6) is 0 Å². The fourth-order valence-corrected chi connectivity index (χ4v) is 2.05. The third kappa shape index (κ3) is 1.82. The minimum atomic E-state index is 0.678. The van der Waals surface area contributed by atoms with Crippen molar-refractivity contribution in [3.8, 4) is 0 Å². The van der Waals surface area contributed by atoms with E-state index >= 15 is 0 Å². The maximum atomic E-state index is 5.37. The van der Waals surface area contributed by atoms with E-state index in [-0.39, 0.29) is 0 Å². The summed E-state index contributed by atoms with van der Waals surface area (Å²) in [7, 11) is 0. The van der Waals surface area contributed by atoms with Crippen LogP contribution in [0.2, 0.25) is 0 Å². The van der Waals surface area contributed by atoms with Gasteiger partial charge < -0.3 is 4.74 Å². The fourth-order valence-electron chi connectivity index (χ4n) is 1.34. The largest absolute Gasteiger partial charge is 0.476 e. The van der Waals surface area contributed by atoms with Gasteiger partial charge in [-0.05, 0) is 34.2 Å². The lowest BCUT2D eigenvalue weighted by atomic mass is 10.1. The molecule has 0 fully saturated rings. The summed E-state index contributed by atoms with van der Waals surface area (Å²) < 4.78 is 6.55. The lowest BCUT2D eigenvalue weighted by Gasteiger charge is -2.07. The van der Waals surface area contributed by atoms with Gasteiger partial charge in [0.2, 0.25) is 5.90 Å². The zero-order valence-corrected chi connectivity index (χ0v) is 9.82. The standard InChI is InChI=1S/C11H10INO/c1-8(11-13-6-7-14-11)9-4-2-3-5-10(9)12/h2-5H,1,6-7H2. The molecule has 1 aliphatic rings. The van der Waals surface area contributed by atoms with Crippen LogP contribution in [0.25, 0.3) is 5.57 Å². The van der Waals surface area contributed by atoms with Gasteiger partial charge in [-0.25, -0.2) is 4.99 Å². The normalized spacial score (nSPS) is 14.8. The van der Waals surface area contributed by atoms with Crippen LogP contribution in [0.15, 0.2) is 35.8 Å². The monoisotopic (exact) mass is 299 g/mol. The number of nitrogens with zero attached hydrogens (tertiary/aromatic N) is 1. The van der Waals surface area contributed by atoms with Gasteiger partial charge in [-0.1, -0.05) is 24.8 Å². The lowest BCUT2D eigenvalue weighted by molar-refractivity contribution is 0.351. The molecule has 0 saturated carbocycles. The molecule has 2 rings (SSSR count). The minimum Gasteiger partial charge on any atom is -0.476 e. The number of hydrogen-bond donors (Lipinski definition) is 0. The molecule has 0 unspecified atom stereocenters. The lowest BCUT2D eigenvalue weighted by Crippen LogP contribution is -2.02. The minimum absolute atomic E-state index is 0.678. The predicted molar refractivity (Wildman–Crippen MR) is 66.4 cm³/mol. The first-order valence-corrected chi connectivity index (χ1v) is 5.48. The molecule has 0 atom stereocenters. The van der Waals surface area contributed by atoms with Crippen molar-refractivity contribution < 1.29 is 4.74 Å². The van der Waals surface area contributed by atoms with E-state index in [1.54, 1.807) is 0 Å². The van der Waals surface area contributed by atoms with E-state index in [1.165, 1.54) is 3.57 Å². The Bertz CT molecular complexity index is 398. The van der Waals surface area contributed by atoms with E-state index in [4.69, 9.17) is 4.74 Å². The molecule has 0 N–H and O–H groups in total. The summed E-state index contributed by atoms with van der Waals surface area (Å²) in [6.07, 6.45) is 0. The van der Waals surface area contributed by atoms with Crippen LogP contribution in [-0.2, 0) is 4.74 Å². The van der Waals surface area contributed by atoms with Gasteiger partial charge in [-0.2, -0.15) is 0 Å². The quantitative estimate of drug-likeness (QED) is 0.770. The van der Waals surface area contributed by atoms with Crippen LogP contribution < -0.4 is 0 Å². The Hall–Kier alpha value is -0.840. The summed E-state index contributed by atoms with van der Waals surface area (Å²) in [4.78, 5) is 4.24. The first kappa shape index (κ1) is 9.71. The SMILES string of the molecule is C=C(C1=NCCO1)c1ccccc1I. The average Bonchev–Trinajstić information content (AvgIpc) is 2.70. The highest BCUT2D eigenvalue weighted by Gasteiger charge is 2.14. The molecule has 0 amide bonds. The molecule has 0 spiro atoms. The summed E-state index contributed by atoms with van der Waals surface area (Å²) in [6, 6.07) is 8.10. The zero-order chi connectivity index (χ0) is 9.97. The van der Waals surface area contributed by atoms with Crippen LogP contribution in [-0.4, -0.2) is 19.0 Å². The summed E-state index contributed by atoms with van der Waals surface area (Å²) in [5, 5.41) is 0. The maximum Gasteiger partial charge on any atom is 0.216 e. The second-order valence-corrected chi connectivity index (χ2v) is 4.16. The van der Waals surface area contributed by atoms with Crippen molar-refractivity contribution in [3.05, 3.63) is 40.0 Å². The molecule has 0 bridgehead atoms. The molecule has 72 valence electrons. The highest BCUT2D eigenvalue weighted by Crippen LogP contribution is 2.22. The molecule has 1 aromatic carbocycles. The van der Waals surface area contributed by atoms with Gasteiger partial charge in [0.25, 0.3) is 0 Å². The predicted octanol–water partition coefficient (Wildman–Crippen LogP) is 2.73. The number of aliphatic imine (C=N–C) groups is 1. The van der Waals surface area contributed by atoms with Crippen LogP contribution >= 0.6 is 22.6 Å². The van der Waals surface area contributed by atoms with E-state index in [1.807, 2.05) is 18.2 Å². The molecule has 14 heavy (non-hydrogen) atoms. The number of hydrogen-bond acceptors (Lipinski definition) is 2. The van der Waals surface area contributed by atoms with Crippen molar-refractivity contribution in [2.24, 2.45) is 4.99 Å². The first-order valence-electron chi connectivity index (χ1n) is 4.40.